The smallest absolute Gasteiger partial charge is 0.332 e. The maximum atomic E-state index is 10.8. The molecular formula is C12H23NO3. The van der Waals surface area contributed by atoms with E-state index in [0.717, 1.165) is 32.2 Å². The number of rotatable bonds is 9. The molecule has 1 aliphatic rings. The fraction of sp³-hybridized carbons (Fsp3) is 0.917. The van der Waals surface area contributed by atoms with Crippen LogP contribution >= 0.6 is 0 Å². The van der Waals surface area contributed by atoms with E-state index in [1.165, 1.54) is 12.8 Å². The van der Waals surface area contributed by atoms with Crippen molar-refractivity contribution in [2.45, 2.75) is 44.6 Å². The molecule has 0 aromatic carbocycles. The highest BCUT2D eigenvalue weighted by Crippen LogP contribution is 2.37. The summed E-state index contributed by atoms with van der Waals surface area (Å²) in [6.45, 7) is 0.958. The van der Waals surface area contributed by atoms with Gasteiger partial charge in [-0.1, -0.05) is 19.3 Å². The van der Waals surface area contributed by atoms with Crippen molar-refractivity contribution in [1.29, 1.82) is 0 Å². The number of carboxylic acid groups (broad SMARTS) is 1. The van der Waals surface area contributed by atoms with Gasteiger partial charge in [-0.2, -0.15) is 0 Å². The molecule has 1 rings (SSSR count). The molecule has 1 fully saturated rings. The summed E-state index contributed by atoms with van der Waals surface area (Å²) in [6.07, 6.45) is 4.99. The van der Waals surface area contributed by atoms with E-state index in [4.69, 9.17) is 5.11 Å². The number of hydrogen-bond donors (Lipinski definition) is 3. The quantitative estimate of drug-likeness (QED) is 0.520. The molecular weight excluding hydrogens is 206 g/mol. The highest BCUT2D eigenvalue weighted by Gasteiger charge is 2.31. The van der Waals surface area contributed by atoms with Crippen LogP contribution in [-0.2, 0) is 4.79 Å². The first-order valence-electron chi connectivity index (χ1n) is 6.20. The number of hydrogen-bond acceptors (Lipinski definition) is 3. The van der Waals surface area contributed by atoms with Gasteiger partial charge in [0, 0.05) is 0 Å². The number of aliphatic carboxylic acids is 1. The van der Waals surface area contributed by atoms with Crippen LogP contribution in [0.1, 0.15) is 38.5 Å². The first-order chi connectivity index (χ1) is 7.65. The van der Waals surface area contributed by atoms with Crippen molar-refractivity contribution in [3.63, 3.8) is 0 Å². The molecule has 94 valence electrons. The molecule has 4 heteroatoms. The first-order valence-corrected chi connectivity index (χ1v) is 6.20. The standard InChI is InChI=1S/C12H23NO3/c1-13-7-3-2-4-10(8-9-5-6-9)11(14)12(15)16/h9-11,13-14H,2-8H2,1H3,(H,15,16). The lowest BCUT2D eigenvalue weighted by Gasteiger charge is -2.19. The minimum Gasteiger partial charge on any atom is -0.479 e. The SMILES string of the molecule is CNCCCCC(CC1CC1)C(O)C(=O)O. The number of nitrogens with one attached hydrogen (secondary N) is 1. The van der Waals surface area contributed by atoms with Crippen molar-refractivity contribution in [2.75, 3.05) is 13.6 Å². The molecule has 0 saturated heterocycles. The Morgan fingerprint density at radius 3 is 2.62 bits per heavy atom. The van der Waals surface area contributed by atoms with E-state index in [0.29, 0.717) is 5.92 Å². The van der Waals surface area contributed by atoms with Gasteiger partial charge in [0.15, 0.2) is 6.10 Å². The lowest BCUT2D eigenvalue weighted by molar-refractivity contribution is -0.150. The van der Waals surface area contributed by atoms with Gasteiger partial charge in [-0.05, 0) is 44.7 Å². The average Bonchev–Trinajstić information content (AvgIpc) is 3.05. The Hall–Kier alpha value is -0.610. The fourth-order valence-corrected chi connectivity index (χ4v) is 2.10. The molecule has 0 aromatic heterocycles. The van der Waals surface area contributed by atoms with Gasteiger partial charge >= 0.3 is 5.97 Å². The minimum absolute atomic E-state index is 0.0538. The highest BCUT2D eigenvalue weighted by molar-refractivity contribution is 5.72. The second kappa shape index (κ2) is 6.86. The van der Waals surface area contributed by atoms with Crippen LogP contribution in [0.4, 0.5) is 0 Å². The summed E-state index contributed by atoms with van der Waals surface area (Å²) < 4.78 is 0. The number of unbranched alkanes of at least 4 members (excludes halogenated alkanes) is 1. The molecule has 1 aliphatic carbocycles. The third kappa shape index (κ3) is 4.94. The summed E-state index contributed by atoms with van der Waals surface area (Å²) in [6, 6.07) is 0. The molecule has 3 N–H and O–H groups in total. The van der Waals surface area contributed by atoms with E-state index < -0.39 is 12.1 Å². The van der Waals surface area contributed by atoms with Gasteiger partial charge in [0.2, 0.25) is 0 Å². The number of aliphatic hydroxyl groups excluding tert-OH is 1. The van der Waals surface area contributed by atoms with E-state index >= 15 is 0 Å². The Kier molecular flexibility index (Phi) is 5.77. The second-order valence-electron chi connectivity index (χ2n) is 4.82. The molecule has 4 nitrogen and oxygen atoms in total. The second-order valence-corrected chi connectivity index (χ2v) is 4.82. The summed E-state index contributed by atoms with van der Waals surface area (Å²) in [5.74, 6) is -0.454. The molecule has 1 saturated carbocycles. The van der Waals surface area contributed by atoms with Crippen molar-refractivity contribution in [3.05, 3.63) is 0 Å². The highest BCUT2D eigenvalue weighted by atomic mass is 16.4. The van der Waals surface area contributed by atoms with E-state index in [1.807, 2.05) is 7.05 Å². The van der Waals surface area contributed by atoms with Gasteiger partial charge in [0.05, 0.1) is 0 Å². The molecule has 2 atom stereocenters. The van der Waals surface area contributed by atoms with Crippen molar-refractivity contribution in [3.8, 4) is 0 Å². The van der Waals surface area contributed by atoms with Gasteiger partial charge in [0.1, 0.15) is 0 Å². The summed E-state index contributed by atoms with van der Waals surface area (Å²) in [5.41, 5.74) is 0. The fourth-order valence-electron chi connectivity index (χ4n) is 2.10. The molecule has 0 heterocycles. The van der Waals surface area contributed by atoms with Crippen LogP contribution in [0, 0.1) is 11.8 Å². The van der Waals surface area contributed by atoms with Gasteiger partial charge in [-0.3, -0.25) is 0 Å². The number of carboxylic acids is 1. The topological polar surface area (TPSA) is 69.6 Å². The Labute approximate surface area is 97.0 Å². The summed E-state index contributed by atoms with van der Waals surface area (Å²) in [5, 5.41) is 21.5. The Morgan fingerprint density at radius 2 is 2.12 bits per heavy atom. The molecule has 0 spiro atoms. The maximum absolute atomic E-state index is 10.8. The Morgan fingerprint density at radius 1 is 1.44 bits per heavy atom. The predicted molar refractivity (Wildman–Crippen MR) is 62.3 cm³/mol. The van der Waals surface area contributed by atoms with Crippen LogP contribution in [0.25, 0.3) is 0 Å². The van der Waals surface area contributed by atoms with Crippen LogP contribution in [0.15, 0.2) is 0 Å². The van der Waals surface area contributed by atoms with Crippen LogP contribution < -0.4 is 5.32 Å². The third-order valence-corrected chi connectivity index (χ3v) is 3.28. The lowest BCUT2D eigenvalue weighted by Crippen LogP contribution is -2.29. The van der Waals surface area contributed by atoms with E-state index in [-0.39, 0.29) is 5.92 Å². The Bertz CT molecular complexity index is 216. The van der Waals surface area contributed by atoms with E-state index in [2.05, 4.69) is 5.32 Å². The van der Waals surface area contributed by atoms with Crippen molar-refractivity contribution in [2.24, 2.45) is 11.8 Å². The monoisotopic (exact) mass is 229 g/mol. The largest absolute Gasteiger partial charge is 0.479 e. The third-order valence-electron chi connectivity index (χ3n) is 3.28. The molecule has 0 bridgehead atoms. The zero-order valence-electron chi connectivity index (χ0n) is 9.98. The summed E-state index contributed by atoms with van der Waals surface area (Å²) >= 11 is 0. The summed E-state index contributed by atoms with van der Waals surface area (Å²) in [4.78, 5) is 10.8. The van der Waals surface area contributed by atoms with E-state index in [1.54, 1.807) is 0 Å². The van der Waals surface area contributed by atoms with Crippen molar-refractivity contribution < 1.29 is 15.0 Å². The van der Waals surface area contributed by atoms with E-state index in [9.17, 15) is 9.90 Å². The summed E-state index contributed by atoms with van der Waals surface area (Å²) in [7, 11) is 1.91. The Balaban J connectivity index is 2.27. The zero-order valence-corrected chi connectivity index (χ0v) is 9.98. The number of carbonyl (C=O) groups is 1. The van der Waals surface area contributed by atoms with Crippen molar-refractivity contribution in [1.82, 2.24) is 5.32 Å². The van der Waals surface area contributed by atoms with Crippen molar-refractivity contribution >= 4 is 5.97 Å². The minimum atomic E-state index is -1.17. The van der Waals surface area contributed by atoms with Crippen LogP contribution in [0.5, 0.6) is 0 Å². The molecule has 16 heavy (non-hydrogen) atoms. The van der Waals surface area contributed by atoms with Gasteiger partial charge in [-0.15, -0.1) is 0 Å². The lowest BCUT2D eigenvalue weighted by atomic mass is 9.90. The van der Waals surface area contributed by atoms with Crippen LogP contribution in [0.2, 0.25) is 0 Å². The molecule has 0 aromatic rings. The number of aliphatic hydroxyl groups is 1. The van der Waals surface area contributed by atoms with Crippen LogP contribution in [-0.4, -0.2) is 35.9 Å². The first kappa shape index (κ1) is 13.5. The molecule has 0 amide bonds. The normalized spacial score (nSPS) is 19.4. The van der Waals surface area contributed by atoms with Gasteiger partial charge in [0.25, 0.3) is 0 Å². The maximum Gasteiger partial charge on any atom is 0.332 e. The van der Waals surface area contributed by atoms with Gasteiger partial charge < -0.3 is 15.5 Å². The predicted octanol–water partition coefficient (Wildman–Crippen LogP) is 1.24. The zero-order chi connectivity index (χ0) is 12.0. The molecule has 2 unspecified atom stereocenters. The van der Waals surface area contributed by atoms with Crippen LogP contribution in [0.3, 0.4) is 0 Å². The molecule has 0 radical (unpaired) electrons. The molecule has 0 aliphatic heterocycles. The average molecular weight is 229 g/mol. The van der Waals surface area contributed by atoms with Gasteiger partial charge in [-0.25, -0.2) is 4.79 Å².